The van der Waals surface area contributed by atoms with Gasteiger partial charge >= 0.3 is 0 Å². The summed E-state index contributed by atoms with van der Waals surface area (Å²) in [6, 6.07) is 18.2. The molecular formula is C23H21ClN4O2S. The number of fused-ring (bicyclic) bond motifs is 2. The van der Waals surface area contributed by atoms with Gasteiger partial charge < -0.3 is 4.90 Å². The predicted octanol–water partition coefficient (Wildman–Crippen LogP) is 4.52. The van der Waals surface area contributed by atoms with Gasteiger partial charge in [-0.25, -0.2) is 23.1 Å². The second kappa shape index (κ2) is 8.07. The Hall–Kier alpha value is -2.74. The zero-order valence-electron chi connectivity index (χ0n) is 16.8. The average Bonchev–Trinajstić information content (AvgIpc) is 3.31. The molecule has 1 N–H and O–H groups in total. The summed E-state index contributed by atoms with van der Waals surface area (Å²) in [6.45, 7) is 1.85. The van der Waals surface area contributed by atoms with Crippen molar-refractivity contribution in [1.82, 2.24) is 14.7 Å². The van der Waals surface area contributed by atoms with Gasteiger partial charge in [0.2, 0.25) is 10.0 Å². The van der Waals surface area contributed by atoms with Crippen LogP contribution in [-0.4, -0.2) is 31.5 Å². The molecule has 2 heterocycles. The predicted molar refractivity (Wildman–Crippen MR) is 124 cm³/mol. The third-order valence-corrected chi connectivity index (χ3v) is 7.24. The molecule has 4 aromatic rings. The van der Waals surface area contributed by atoms with E-state index in [9.17, 15) is 8.42 Å². The Morgan fingerprint density at radius 2 is 1.71 bits per heavy atom. The van der Waals surface area contributed by atoms with Crippen molar-refractivity contribution in [2.45, 2.75) is 24.3 Å². The number of nitrogens with zero attached hydrogens (tertiary/aromatic N) is 3. The highest BCUT2D eigenvalue weighted by Crippen LogP contribution is 2.29. The van der Waals surface area contributed by atoms with E-state index in [1.54, 1.807) is 18.2 Å². The average molecular weight is 453 g/mol. The summed E-state index contributed by atoms with van der Waals surface area (Å²) in [5, 5.41) is 3.06. The van der Waals surface area contributed by atoms with Crippen LogP contribution in [0.15, 0.2) is 65.6 Å². The molecule has 1 fully saturated rings. The van der Waals surface area contributed by atoms with Gasteiger partial charge in [-0.05, 0) is 42.5 Å². The number of aromatic nitrogens is 2. The van der Waals surface area contributed by atoms with Crippen LogP contribution in [0.3, 0.4) is 0 Å². The number of rotatable bonds is 5. The van der Waals surface area contributed by atoms with Crippen molar-refractivity contribution in [2.75, 3.05) is 18.0 Å². The maximum Gasteiger partial charge on any atom is 0.241 e. The molecule has 1 aromatic heterocycles. The highest BCUT2D eigenvalue weighted by molar-refractivity contribution is 7.89. The number of halogens is 1. The zero-order chi connectivity index (χ0) is 21.4. The lowest BCUT2D eigenvalue weighted by Crippen LogP contribution is -2.26. The lowest BCUT2D eigenvalue weighted by Gasteiger charge is -2.19. The van der Waals surface area contributed by atoms with Crippen molar-refractivity contribution < 1.29 is 8.42 Å². The van der Waals surface area contributed by atoms with E-state index in [0.717, 1.165) is 42.5 Å². The molecule has 0 spiro atoms. The Bertz CT molecular complexity index is 1380. The van der Waals surface area contributed by atoms with E-state index in [0.29, 0.717) is 21.7 Å². The second-order valence-corrected chi connectivity index (χ2v) is 9.79. The topological polar surface area (TPSA) is 75.2 Å². The van der Waals surface area contributed by atoms with E-state index in [2.05, 4.69) is 14.6 Å². The first kappa shape index (κ1) is 20.2. The Morgan fingerprint density at radius 1 is 0.935 bits per heavy atom. The van der Waals surface area contributed by atoms with Gasteiger partial charge in [-0.1, -0.05) is 48.0 Å². The molecule has 0 radical (unpaired) electrons. The molecule has 0 saturated carbocycles. The van der Waals surface area contributed by atoms with Gasteiger partial charge in [0.15, 0.2) is 0 Å². The summed E-state index contributed by atoms with van der Waals surface area (Å²) in [7, 11) is -3.75. The van der Waals surface area contributed by atoms with Crippen molar-refractivity contribution in [3.8, 4) is 0 Å². The molecule has 5 rings (SSSR count). The van der Waals surface area contributed by atoms with Crippen LogP contribution in [0.4, 0.5) is 5.82 Å². The minimum atomic E-state index is -3.75. The lowest BCUT2D eigenvalue weighted by molar-refractivity contribution is 0.580. The molecule has 0 aliphatic carbocycles. The summed E-state index contributed by atoms with van der Waals surface area (Å²) in [6.07, 6.45) is 2.23. The second-order valence-electron chi connectivity index (χ2n) is 7.62. The first-order chi connectivity index (χ1) is 15.0. The normalized spacial score (nSPS) is 14.5. The van der Waals surface area contributed by atoms with E-state index in [-0.39, 0.29) is 11.4 Å². The standard InChI is InChI=1S/C23H21ClN4O2S/c24-17-10-11-19-20(14-17)26-22(27-23(19)28-12-3-4-13-28)15-25-31(29,30)21-9-5-7-16-6-1-2-8-18(16)21/h1-2,5-11,14,25H,3-4,12-13,15H2. The maximum atomic E-state index is 13.1. The Labute approximate surface area is 185 Å². The van der Waals surface area contributed by atoms with Crippen LogP contribution >= 0.6 is 11.6 Å². The molecular weight excluding hydrogens is 432 g/mol. The van der Waals surface area contributed by atoms with Gasteiger partial charge in [-0.3, -0.25) is 0 Å². The molecule has 3 aromatic carbocycles. The minimum absolute atomic E-state index is 0.00511. The maximum absolute atomic E-state index is 13.1. The van der Waals surface area contributed by atoms with E-state index >= 15 is 0 Å². The fourth-order valence-corrected chi connectivity index (χ4v) is 5.42. The number of hydrogen-bond acceptors (Lipinski definition) is 5. The van der Waals surface area contributed by atoms with E-state index in [4.69, 9.17) is 16.6 Å². The molecule has 31 heavy (non-hydrogen) atoms. The molecule has 0 amide bonds. The minimum Gasteiger partial charge on any atom is -0.356 e. The summed E-state index contributed by atoms with van der Waals surface area (Å²) in [4.78, 5) is 11.8. The van der Waals surface area contributed by atoms with Crippen LogP contribution in [0.2, 0.25) is 5.02 Å². The van der Waals surface area contributed by atoms with E-state index in [1.807, 2.05) is 42.5 Å². The molecule has 0 bridgehead atoms. The summed E-state index contributed by atoms with van der Waals surface area (Å²) >= 11 is 6.18. The summed E-state index contributed by atoms with van der Waals surface area (Å²) in [5.41, 5.74) is 0.712. The van der Waals surface area contributed by atoms with Crippen LogP contribution in [0, 0.1) is 0 Å². The third-order valence-electron chi connectivity index (χ3n) is 5.55. The van der Waals surface area contributed by atoms with Crippen LogP contribution in [0.25, 0.3) is 21.7 Å². The monoisotopic (exact) mass is 452 g/mol. The fraction of sp³-hybridized carbons (Fsp3) is 0.217. The van der Waals surface area contributed by atoms with Gasteiger partial charge in [-0.15, -0.1) is 0 Å². The van der Waals surface area contributed by atoms with E-state index in [1.165, 1.54) is 0 Å². The smallest absolute Gasteiger partial charge is 0.241 e. The van der Waals surface area contributed by atoms with Gasteiger partial charge in [0.1, 0.15) is 11.6 Å². The Kier molecular flexibility index (Phi) is 5.25. The van der Waals surface area contributed by atoms with E-state index < -0.39 is 10.0 Å². The van der Waals surface area contributed by atoms with Crippen molar-refractivity contribution in [2.24, 2.45) is 0 Å². The van der Waals surface area contributed by atoms with Crippen LogP contribution in [-0.2, 0) is 16.6 Å². The SMILES string of the molecule is O=S(=O)(NCc1nc(N2CCCC2)c2ccc(Cl)cc2n1)c1cccc2ccccc12. The number of nitrogens with one attached hydrogen (secondary N) is 1. The highest BCUT2D eigenvalue weighted by atomic mass is 35.5. The van der Waals surface area contributed by atoms with Gasteiger partial charge in [0.25, 0.3) is 0 Å². The van der Waals surface area contributed by atoms with Crippen LogP contribution in [0.5, 0.6) is 0 Å². The van der Waals surface area contributed by atoms with Crippen molar-refractivity contribution in [3.05, 3.63) is 71.5 Å². The molecule has 158 valence electrons. The number of hydrogen-bond donors (Lipinski definition) is 1. The molecule has 1 aliphatic heterocycles. The quantitative estimate of drug-likeness (QED) is 0.482. The number of benzene rings is 3. The Balaban J connectivity index is 1.50. The third kappa shape index (κ3) is 3.96. The molecule has 1 aliphatic rings. The van der Waals surface area contributed by atoms with Crippen molar-refractivity contribution in [1.29, 1.82) is 0 Å². The zero-order valence-corrected chi connectivity index (χ0v) is 18.3. The van der Waals surface area contributed by atoms with Crippen molar-refractivity contribution in [3.63, 3.8) is 0 Å². The number of sulfonamides is 1. The van der Waals surface area contributed by atoms with Gasteiger partial charge in [0, 0.05) is 28.9 Å². The molecule has 0 unspecified atom stereocenters. The molecule has 6 nitrogen and oxygen atoms in total. The van der Waals surface area contributed by atoms with Gasteiger partial charge in [-0.2, -0.15) is 0 Å². The van der Waals surface area contributed by atoms with Crippen LogP contribution < -0.4 is 9.62 Å². The van der Waals surface area contributed by atoms with Crippen LogP contribution in [0.1, 0.15) is 18.7 Å². The first-order valence-corrected chi connectivity index (χ1v) is 12.1. The summed E-state index contributed by atoms with van der Waals surface area (Å²) < 4.78 is 28.8. The first-order valence-electron chi connectivity index (χ1n) is 10.2. The highest BCUT2D eigenvalue weighted by Gasteiger charge is 2.21. The molecule has 1 saturated heterocycles. The lowest BCUT2D eigenvalue weighted by atomic mass is 10.1. The Morgan fingerprint density at radius 3 is 2.55 bits per heavy atom. The largest absolute Gasteiger partial charge is 0.356 e. The summed E-state index contributed by atoms with van der Waals surface area (Å²) in [5.74, 6) is 1.25. The van der Waals surface area contributed by atoms with Gasteiger partial charge in [0.05, 0.1) is 17.0 Å². The molecule has 8 heteroatoms. The number of anilines is 1. The molecule has 0 atom stereocenters. The fourth-order valence-electron chi connectivity index (χ4n) is 4.05. The van der Waals surface area contributed by atoms with Crippen molar-refractivity contribution >= 4 is 49.1 Å².